The van der Waals surface area contributed by atoms with Crippen LogP contribution >= 0.6 is 0 Å². The van der Waals surface area contributed by atoms with Gasteiger partial charge in [-0.05, 0) is 46.6 Å². The molecule has 1 atom stereocenters. The molecule has 17 heavy (non-hydrogen) atoms. The second-order valence-electron chi connectivity index (χ2n) is 6.03. The summed E-state index contributed by atoms with van der Waals surface area (Å²) in [4.78, 5) is 0. The summed E-state index contributed by atoms with van der Waals surface area (Å²) in [6.45, 7) is 11.5. The van der Waals surface area contributed by atoms with Crippen LogP contribution in [0, 0.1) is 0 Å². The van der Waals surface area contributed by atoms with Crippen molar-refractivity contribution in [2.24, 2.45) is 0 Å². The molecular weight excluding hydrogens is 220 g/mol. The fraction of sp³-hybridized carbons (Fsp3) is 0.500. The van der Waals surface area contributed by atoms with E-state index in [2.05, 4.69) is 52.8 Å². The Morgan fingerprint density at radius 1 is 1.06 bits per heavy atom. The van der Waals surface area contributed by atoms with Crippen LogP contribution in [0.1, 0.15) is 74.2 Å². The van der Waals surface area contributed by atoms with Gasteiger partial charge in [0.25, 0.3) is 0 Å². The molecule has 0 heterocycles. The van der Waals surface area contributed by atoms with Crippen molar-refractivity contribution in [2.45, 2.75) is 52.0 Å². The number of rotatable bonds is 2. The topological polar surface area (TPSA) is 0 Å². The predicted molar refractivity (Wildman–Crippen MR) is 81.0 cm³/mol. The predicted octanol–water partition coefficient (Wildman–Crippen LogP) is 3.76. The first-order chi connectivity index (χ1) is 7.91. The second-order valence-corrected chi connectivity index (χ2v) is 7.19. The van der Waals surface area contributed by atoms with Crippen LogP contribution in [0.4, 0.5) is 0 Å². The van der Waals surface area contributed by atoms with Crippen LogP contribution < -0.4 is 0 Å². The average Bonchev–Trinajstić information content (AvgIpc) is 2.54. The van der Waals surface area contributed by atoms with Crippen LogP contribution in [0.5, 0.6) is 0 Å². The van der Waals surface area contributed by atoms with Gasteiger partial charge in [0.2, 0.25) is 0 Å². The third-order valence-corrected chi connectivity index (χ3v) is 5.61. The minimum Gasteiger partial charge on any atom is -0.0689 e. The molecule has 1 aliphatic rings. The van der Waals surface area contributed by atoms with Gasteiger partial charge in [-0.2, -0.15) is 0 Å². The van der Waals surface area contributed by atoms with Gasteiger partial charge in [-0.3, -0.25) is 0 Å². The molecule has 1 aromatic carbocycles. The van der Waals surface area contributed by atoms with E-state index in [4.69, 9.17) is 0 Å². The molecule has 2 rings (SSSR count). The molecule has 0 aromatic heterocycles. The number of allylic oxidation sites excluding steroid dienone is 1. The van der Waals surface area contributed by atoms with Gasteiger partial charge in [0, 0.05) is 10.2 Å². The van der Waals surface area contributed by atoms with E-state index < -0.39 is 0 Å². The molecule has 1 heteroatoms. The molecule has 0 radical (unpaired) electrons. The lowest BCUT2D eigenvalue weighted by atomic mass is 9.89. The molecule has 0 nitrogen and oxygen atoms in total. The van der Waals surface area contributed by atoms with Crippen molar-refractivity contribution in [1.82, 2.24) is 0 Å². The fourth-order valence-electron chi connectivity index (χ4n) is 2.66. The average molecular weight is 244 g/mol. The highest BCUT2D eigenvalue weighted by Gasteiger charge is 2.23. The quantitative estimate of drug-likeness (QED) is 0.695. The highest BCUT2D eigenvalue weighted by atomic mass is 28.1. The van der Waals surface area contributed by atoms with Gasteiger partial charge in [0.05, 0.1) is 0 Å². The minimum atomic E-state index is 0.624. The summed E-state index contributed by atoms with van der Waals surface area (Å²) in [6, 6.07) is 4.88. The molecule has 1 aromatic rings. The van der Waals surface area contributed by atoms with E-state index in [0.717, 1.165) is 5.54 Å². The van der Waals surface area contributed by atoms with Crippen LogP contribution in [0.3, 0.4) is 0 Å². The fourth-order valence-corrected chi connectivity index (χ4v) is 3.30. The zero-order chi connectivity index (χ0) is 12.7. The number of hydrogen-bond acceptors (Lipinski definition) is 0. The lowest BCUT2D eigenvalue weighted by Gasteiger charge is -2.18. The van der Waals surface area contributed by atoms with E-state index in [0.29, 0.717) is 11.8 Å². The Morgan fingerprint density at radius 3 is 2.24 bits per heavy atom. The van der Waals surface area contributed by atoms with Crippen LogP contribution in [0.25, 0.3) is 6.08 Å². The maximum absolute atomic E-state index is 2.45. The third kappa shape index (κ3) is 2.13. The molecule has 0 spiro atoms. The molecular formula is C16H24Si. The Bertz CT molecular complexity index is 467. The summed E-state index contributed by atoms with van der Waals surface area (Å²) in [6.07, 6.45) is 2.42. The van der Waals surface area contributed by atoms with Crippen molar-refractivity contribution in [1.29, 1.82) is 0 Å². The van der Waals surface area contributed by atoms with Crippen LogP contribution in [-0.2, 0) is 0 Å². The van der Waals surface area contributed by atoms with Gasteiger partial charge in [0.15, 0.2) is 0 Å². The maximum Gasteiger partial charge on any atom is 0.0174 e. The third-order valence-electron chi connectivity index (χ3n) is 4.08. The molecule has 0 bridgehead atoms. The Kier molecular flexibility index (Phi) is 3.31. The first-order valence-corrected chi connectivity index (χ1v) is 7.93. The molecule has 0 saturated heterocycles. The first kappa shape index (κ1) is 12.6. The van der Waals surface area contributed by atoms with Crippen LogP contribution in [-0.4, -0.2) is 10.2 Å². The maximum atomic E-state index is 2.45. The summed E-state index contributed by atoms with van der Waals surface area (Å²) in [5.74, 6) is 1.26. The minimum absolute atomic E-state index is 0.624. The van der Waals surface area contributed by atoms with Gasteiger partial charge in [-0.15, -0.1) is 0 Å². The smallest absolute Gasteiger partial charge is 0.0174 e. The van der Waals surface area contributed by atoms with E-state index in [-0.39, 0.29) is 0 Å². The summed E-state index contributed by atoms with van der Waals surface area (Å²) in [5, 5.41) is 0. The van der Waals surface area contributed by atoms with E-state index in [1.165, 1.54) is 21.4 Å². The van der Waals surface area contributed by atoms with Gasteiger partial charge < -0.3 is 0 Å². The van der Waals surface area contributed by atoms with Crippen molar-refractivity contribution in [3.05, 3.63) is 40.0 Å². The summed E-state index contributed by atoms with van der Waals surface area (Å²) < 4.78 is 0. The number of benzene rings is 1. The van der Waals surface area contributed by atoms with Crippen LogP contribution in [0.15, 0.2) is 17.7 Å². The van der Waals surface area contributed by atoms with Crippen molar-refractivity contribution in [2.75, 3.05) is 0 Å². The van der Waals surface area contributed by atoms with Crippen LogP contribution in [0.2, 0.25) is 0 Å². The largest absolute Gasteiger partial charge is 0.0689 e. The van der Waals surface area contributed by atoms with E-state index in [9.17, 15) is 0 Å². The van der Waals surface area contributed by atoms with Gasteiger partial charge in [0.1, 0.15) is 0 Å². The second kappa shape index (κ2) is 4.45. The molecule has 0 saturated carbocycles. The highest BCUT2D eigenvalue weighted by Crippen LogP contribution is 2.39. The monoisotopic (exact) mass is 244 g/mol. The van der Waals surface area contributed by atoms with Gasteiger partial charge in [-0.1, -0.05) is 51.5 Å². The Hall–Kier alpha value is -0.823. The lowest BCUT2D eigenvalue weighted by molar-refractivity contribution is 0.827. The van der Waals surface area contributed by atoms with Crippen molar-refractivity contribution in [3.63, 3.8) is 0 Å². The molecule has 0 fully saturated rings. The number of hydrogen-bond donors (Lipinski definition) is 0. The zero-order valence-corrected chi connectivity index (χ0v) is 14.0. The lowest BCUT2D eigenvalue weighted by Crippen LogP contribution is -2.02. The highest BCUT2D eigenvalue weighted by molar-refractivity contribution is 6.16. The molecule has 1 aliphatic carbocycles. The van der Waals surface area contributed by atoms with Gasteiger partial charge >= 0.3 is 0 Å². The van der Waals surface area contributed by atoms with Crippen molar-refractivity contribution >= 4 is 16.3 Å². The molecule has 1 unspecified atom stereocenters. The van der Waals surface area contributed by atoms with Gasteiger partial charge in [-0.25, -0.2) is 0 Å². The molecule has 92 valence electrons. The molecule has 0 amide bonds. The van der Waals surface area contributed by atoms with Crippen molar-refractivity contribution in [3.8, 4) is 0 Å². The molecule has 0 N–H and O–H groups in total. The summed E-state index contributed by atoms with van der Waals surface area (Å²) in [7, 11) is 1.23. The standard InChI is InChI=1S/C16H24Si/c1-9(2)12-7-13(10(3)4)14-6-11(5)16(17)15(14)8-12/h6-10,16H,1-5,17H3. The normalized spacial score (nSPS) is 19.0. The Balaban J connectivity index is 2.63. The van der Waals surface area contributed by atoms with E-state index >= 15 is 0 Å². The Labute approximate surface area is 109 Å². The summed E-state index contributed by atoms with van der Waals surface area (Å²) >= 11 is 0. The zero-order valence-electron chi connectivity index (χ0n) is 12.0. The SMILES string of the molecule is CC1=Cc2c(C(C)C)cc(C(C)C)cc2C1[SiH3]. The number of fused-ring (bicyclic) bond motifs is 1. The summed E-state index contributed by atoms with van der Waals surface area (Å²) in [5.41, 5.74) is 8.49. The molecule has 0 aliphatic heterocycles. The first-order valence-electron chi connectivity index (χ1n) is 6.77. The Morgan fingerprint density at radius 2 is 1.71 bits per heavy atom. The van der Waals surface area contributed by atoms with E-state index in [1.807, 2.05) is 0 Å². The van der Waals surface area contributed by atoms with E-state index in [1.54, 1.807) is 16.7 Å². The van der Waals surface area contributed by atoms with Crippen molar-refractivity contribution < 1.29 is 0 Å².